The van der Waals surface area contributed by atoms with Crippen LogP contribution in [0, 0.1) is 23.0 Å². The van der Waals surface area contributed by atoms with Crippen LogP contribution >= 0.6 is 0 Å². The summed E-state index contributed by atoms with van der Waals surface area (Å²) in [5.74, 6) is -2.84. The van der Waals surface area contributed by atoms with Crippen molar-refractivity contribution in [1.29, 1.82) is 5.26 Å². The number of carbonyl (C=O) groups is 1. The molecule has 1 aromatic carbocycles. The van der Waals surface area contributed by atoms with Crippen LogP contribution in [-0.4, -0.2) is 12.0 Å². The Kier molecular flexibility index (Phi) is 2.66. The number of fused-ring (bicyclic) bond motifs is 2. The number of amides is 1. The Hall–Kier alpha value is -2.62. The van der Waals surface area contributed by atoms with Gasteiger partial charge in [0.2, 0.25) is 5.91 Å². The Morgan fingerprint density at radius 3 is 2.81 bits per heavy atom. The van der Waals surface area contributed by atoms with E-state index < -0.39 is 29.1 Å². The van der Waals surface area contributed by atoms with Crippen molar-refractivity contribution in [2.24, 2.45) is 5.73 Å². The molecule has 108 valence electrons. The summed E-state index contributed by atoms with van der Waals surface area (Å²) in [7, 11) is 0. The van der Waals surface area contributed by atoms with Gasteiger partial charge in [-0.3, -0.25) is 4.79 Å². The van der Waals surface area contributed by atoms with Gasteiger partial charge < -0.3 is 15.8 Å². The highest BCUT2D eigenvalue weighted by atomic mass is 19.2. The van der Waals surface area contributed by atoms with Crippen molar-refractivity contribution < 1.29 is 18.3 Å². The molecule has 2 heterocycles. The second-order valence-corrected chi connectivity index (χ2v) is 5.16. The van der Waals surface area contributed by atoms with Crippen LogP contribution in [0.3, 0.4) is 0 Å². The highest BCUT2D eigenvalue weighted by molar-refractivity contribution is 6.09. The van der Waals surface area contributed by atoms with Gasteiger partial charge in [-0.25, -0.2) is 8.78 Å². The van der Waals surface area contributed by atoms with E-state index in [4.69, 9.17) is 10.5 Å². The molecule has 21 heavy (non-hydrogen) atoms. The van der Waals surface area contributed by atoms with Crippen LogP contribution in [0.5, 0.6) is 0 Å². The molecule has 1 aromatic rings. The Morgan fingerprint density at radius 2 is 2.14 bits per heavy atom. The van der Waals surface area contributed by atoms with Crippen LogP contribution in [0.2, 0.25) is 0 Å². The minimum Gasteiger partial charge on any atom is -0.476 e. The quantitative estimate of drug-likeness (QED) is 0.761. The maximum atomic E-state index is 13.6. The fourth-order valence-corrected chi connectivity index (χ4v) is 3.02. The summed E-state index contributed by atoms with van der Waals surface area (Å²) >= 11 is 0. The molecule has 2 atom stereocenters. The first-order valence-corrected chi connectivity index (χ1v) is 6.28. The molecule has 0 aliphatic carbocycles. The number of rotatable bonds is 0. The SMILES string of the molecule is CC1C[C@@]2(C(=O)Nc3cc(F)c(F)cc32)C(C#N)=C(N)O1. The number of halogens is 2. The highest BCUT2D eigenvalue weighted by Gasteiger charge is 2.55. The molecule has 0 saturated carbocycles. The molecule has 2 aliphatic rings. The zero-order valence-corrected chi connectivity index (χ0v) is 11.0. The zero-order valence-electron chi connectivity index (χ0n) is 11.0. The van der Waals surface area contributed by atoms with Crippen LogP contribution in [0.1, 0.15) is 18.9 Å². The van der Waals surface area contributed by atoms with Gasteiger partial charge in [0.15, 0.2) is 17.5 Å². The number of hydrogen-bond donors (Lipinski definition) is 2. The summed E-state index contributed by atoms with van der Waals surface area (Å²) in [5, 5.41) is 11.8. The molecule has 2 aliphatic heterocycles. The maximum absolute atomic E-state index is 13.6. The first-order valence-electron chi connectivity index (χ1n) is 6.28. The van der Waals surface area contributed by atoms with E-state index in [9.17, 15) is 18.8 Å². The Balaban J connectivity index is 2.33. The molecule has 5 nitrogen and oxygen atoms in total. The third kappa shape index (κ3) is 1.62. The smallest absolute Gasteiger partial charge is 0.240 e. The van der Waals surface area contributed by atoms with Crippen molar-refractivity contribution in [2.45, 2.75) is 24.9 Å². The number of nitrogens with two attached hydrogens (primary N) is 1. The molecule has 1 spiro atoms. The Labute approximate surface area is 119 Å². The van der Waals surface area contributed by atoms with Crippen LogP contribution < -0.4 is 11.1 Å². The number of carbonyl (C=O) groups excluding carboxylic acids is 1. The van der Waals surface area contributed by atoms with E-state index in [-0.39, 0.29) is 29.1 Å². The molecule has 3 rings (SSSR count). The Bertz CT molecular complexity index is 738. The van der Waals surface area contributed by atoms with Crippen molar-refractivity contribution in [1.82, 2.24) is 0 Å². The summed E-state index contributed by atoms with van der Waals surface area (Å²) < 4.78 is 32.2. The molecule has 0 saturated heterocycles. The van der Waals surface area contributed by atoms with Crippen molar-refractivity contribution in [3.8, 4) is 6.07 Å². The highest BCUT2D eigenvalue weighted by Crippen LogP contribution is 2.49. The van der Waals surface area contributed by atoms with E-state index in [1.165, 1.54) is 0 Å². The molecule has 7 heteroatoms. The van der Waals surface area contributed by atoms with Gasteiger partial charge in [-0.1, -0.05) is 0 Å². The topological polar surface area (TPSA) is 88.1 Å². The van der Waals surface area contributed by atoms with Gasteiger partial charge in [-0.15, -0.1) is 0 Å². The first-order chi connectivity index (χ1) is 9.90. The van der Waals surface area contributed by atoms with Crippen LogP contribution in [0.4, 0.5) is 14.5 Å². The number of hydrogen-bond acceptors (Lipinski definition) is 4. The van der Waals surface area contributed by atoms with Gasteiger partial charge in [0.1, 0.15) is 17.1 Å². The third-order valence-electron chi connectivity index (χ3n) is 3.86. The summed E-state index contributed by atoms with van der Waals surface area (Å²) in [4.78, 5) is 12.4. The number of nitrogens with one attached hydrogen (secondary N) is 1. The van der Waals surface area contributed by atoms with Crippen molar-refractivity contribution in [3.05, 3.63) is 40.8 Å². The fourth-order valence-electron chi connectivity index (χ4n) is 3.02. The van der Waals surface area contributed by atoms with E-state index in [1.807, 2.05) is 6.07 Å². The van der Waals surface area contributed by atoms with Gasteiger partial charge in [0, 0.05) is 18.2 Å². The van der Waals surface area contributed by atoms with Crippen molar-refractivity contribution in [2.75, 3.05) is 5.32 Å². The number of nitrogens with zero attached hydrogens (tertiary/aromatic N) is 1. The second kappa shape index (κ2) is 4.19. The molecule has 1 amide bonds. The lowest BCUT2D eigenvalue weighted by Crippen LogP contribution is -2.44. The summed E-state index contributed by atoms with van der Waals surface area (Å²) in [6, 6.07) is 3.71. The van der Waals surface area contributed by atoms with E-state index in [1.54, 1.807) is 6.92 Å². The lowest BCUT2D eigenvalue weighted by atomic mass is 9.70. The third-order valence-corrected chi connectivity index (χ3v) is 3.86. The lowest BCUT2D eigenvalue weighted by Gasteiger charge is -2.35. The van der Waals surface area contributed by atoms with Crippen molar-refractivity contribution in [3.63, 3.8) is 0 Å². The average Bonchev–Trinajstić information content (AvgIpc) is 2.64. The minimum absolute atomic E-state index is 0.0807. The van der Waals surface area contributed by atoms with Gasteiger partial charge >= 0.3 is 0 Å². The molecule has 1 unspecified atom stereocenters. The van der Waals surface area contributed by atoms with Gasteiger partial charge in [0.25, 0.3) is 0 Å². The van der Waals surface area contributed by atoms with Crippen LogP contribution in [0.15, 0.2) is 23.6 Å². The van der Waals surface area contributed by atoms with Crippen molar-refractivity contribution >= 4 is 11.6 Å². The standard InChI is InChI=1S/C14H11F2N3O2/c1-6-4-14(8(5-17)12(18)21-6)7-2-9(15)10(16)3-11(7)19-13(14)20/h2-3,6H,4,18H2,1H3,(H,19,20)/t6?,14-/m0/s1. The minimum atomic E-state index is -1.43. The number of ether oxygens (including phenoxy) is 1. The lowest BCUT2D eigenvalue weighted by molar-refractivity contribution is -0.121. The van der Waals surface area contributed by atoms with Crippen LogP contribution in [0.25, 0.3) is 0 Å². The molecule has 0 radical (unpaired) electrons. The molecule has 0 bridgehead atoms. The predicted molar refractivity (Wildman–Crippen MR) is 68.7 cm³/mol. The van der Waals surface area contributed by atoms with E-state index in [2.05, 4.69) is 5.32 Å². The van der Waals surface area contributed by atoms with Gasteiger partial charge in [-0.05, 0) is 18.6 Å². The second-order valence-electron chi connectivity index (χ2n) is 5.16. The maximum Gasteiger partial charge on any atom is 0.240 e. The number of anilines is 1. The molecule has 3 N–H and O–H groups in total. The summed E-state index contributed by atoms with van der Waals surface area (Å²) in [5.41, 5.74) is 4.55. The molecule has 0 fully saturated rings. The number of nitriles is 1. The number of benzene rings is 1. The molecular formula is C14H11F2N3O2. The van der Waals surface area contributed by atoms with Gasteiger partial charge in [0.05, 0.1) is 6.10 Å². The predicted octanol–water partition coefficient (Wildman–Crippen LogP) is 1.66. The molecular weight excluding hydrogens is 280 g/mol. The Morgan fingerprint density at radius 1 is 1.48 bits per heavy atom. The first kappa shape index (κ1) is 13.4. The zero-order chi connectivity index (χ0) is 15.4. The fraction of sp³-hybridized carbons (Fsp3) is 0.286. The largest absolute Gasteiger partial charge is 0.476 e. The summed E-state index contributed by atoms with van der Waals surface area (Å²) in [6.07, 6.45) is -0.313. The summed E-state index contributed by atoms with van der Waals surface area (Å²) in [6.45, 7) is 1.69. The van der Waals surface area contributed by atoms with Gasteiger partial charge in [-0.2, -0.15) is 5.26 Å². The monoisotopic (exact) mass is 291 g/mol. The van der Waals surface area contributed by atoms with E-state index in [0.717, 1.165) is 12.1 Å². The average molecular weight is 291 g/mol. The van der Waals surface area contributed by atoms with E-state index >= 15 is 0 Å². The van der Waals surface area contributed by atoms with Crippen LogP contribution in [-0.2, 0) is 14.9 Å². The molecule has 0 aromatic heterocycles. The van der Waals surface area contributed by atoms with E-state index in [0.29, 0.717) is 0 Å². The normalized spacial score (nSPS) is 27.1.